The van der Waals surface area contributed by atoms with Crippen molar-refractivity contribution >= 4 is 0 Å². The Morgan fingerprint density at radius 3 is 2.95 bits per heavy atom. The molecule has 0 saturated carbocycles. The zero-order valence-corrected chi connectivity index (χ0v) is 11.9. The largest absolute Gasteiger partial charge is 0.493 e. The Bertz CT molecular complexity index is 640. The third kappa shape index (κ3) is 2.27. The van der Waals surface area contributed by atoms with Gasteiger partial charge in [-0.25, -0.2) is 0 Å². The van der Waals surface area contributed by atoms with E-state index in [9.17, 15) is 0 Å². The van der Waals surface area contributed by atoms with E-state index in [1.54, 1.807) is 0 Å². The SMILES string of the molecule is CCc1nnc(C)cc1C(N)c1ccc2c(c1)CCO2. The number of nitrogens with two attached hydrogens (primary N) is 1. The second-order valence-electron chi connectivity index (χ2n) is 5.18. The maximum absolute atomic E-state index is 6.45. The Balaban J connectivity index is 2.00. The molecule has 0 amide bonds. The Hall–Kier alpha value is -1.94. The van der Waals surface area contributed by atoms with E-state index in [0.29, 0.717) is 0 Å². The van der Waals surface area contributed by atoms with Gasteiger partial charge in [-0.05, 0) is 42.2 Å². The fraction of sp³-hybridized carbons (Fsp3) is 0.375. The van der Waals surface area contributed by atoms with Gasteiger partial charge in [0.05, 0.1) is 24.0 Å². The first-order valence-corrected chi connectivity index (χ1v) is 7.03. The Labute approximate surface area is 119 Å². The quantitative estimate of drug-likeness (QED) is 0.929. The summed E-state index contributed by atoms with van der Waals surface area (Å²) in [6, 6.07) is 8.10. The number of hydrogen-bond acceptors (Lipinski definition) is 4. The summed E-state index contributed by atoms with van der Waals surface area (Å²) in [7, 11) is 0. The summed E-state index contributed by atoms with van der Waals surface area (Å²) in [5.74, 6) is 0.987. The third-order valence-electron chi connectivity index (χ3n) is 3.77. The molecule has 3 rings (SSSR count). The summed E-state index contributed by atoms with van der Waals surface area (Å²) in [6.07, 6.45) is 1.80. The van der Waals surface area contributed by atoms with Gasteiger partial charge in [-0.3, -0.25) is 0 Å². The zero-order valence-electron chi connectivity index (χ0n) is 11.9. The van der Waals surface area contributed by atoms with Gasteiger partial charge in [-0.2, -0.15) is 10.2 Å². The molecule has 1 aromatic heterocycles. The first-order valence-electron chi connectivity index (χ1n) is 7.03. The van der Waals surface area contributed by atoms with E-state index in [1.807, 2.05) is 25.1 Å². The van der Waals surface area contributed by atoms with Crippen LogP contribution in [0.5, 0.6) is 5.75 Å². The van der Waals surface area contributed by atoms with Crippen LogP contribution >= 0.6 is 0 Å². The van der Waals surface area contributed by atoms with Crippen molar-refractivity contribution in [2.75, 3.05) is 6.61 Å². The van der Waals surface area contributed by atoms with Crippen LogP contribution in [0, 0.1) is 6.92 Å². The van der Waals surface area contributed by atoms with Crippen LogP contribution in [0.2, 0.25) is 0 Å². The molecule has 2 heterocycles. The Morgan fingerprint density at radius 2 is 2.15 bits per heavy atom. The first-order chi connectivity index (χ1) is 9.69. The number of nitrogens with zero attached hydrogens (tertiary/aromatic N) is 2. The molecule has 4 heteroatoms. The molecule has 1 aliphatic heterocycles. The van der Waals surface area contributed by atoms with Gasteiger partial charge in [0.2, 0.25) is 0 Å². The molecule has 0 fully saturated rings. The smallest absolute Gasteiger partial charge is 0.122 e. The lowest BCUT2D eigenvalue weighted by atomic mass is 9.95. The highest BCUT2D eigenvalue weighted by Gasteiger charge is 2.18. The lowest BCUT2D eigenvalue weighted by Gasteiger charge is -2.16. The number of aryl methyl sites for hydroxylation is 2. The minimum atomic E-state index is -0.162. The third-order valence-corrected chi connectivity index (χ3v) is 3.77. The molecule has 1 unspecified atom stereocenters. The van der Waals surface area contributed by atoms with Gasteiger partial charge in [0.1, 0.15) is 5.75 Å². The molecular weight excluding hydrogens is 250 g/mol. The molecule has 0 spiro atoms. The number of ether oxygens (including phenoxy) is 1. The molecule has 20 heavy (non-hydrogen) atoms. The summed E-state index contributed by atoms with van der Waals surface area (Å²) in [5.41, 5.74) is 11.7. The summed E-state index contributed by atoms with van der Waals surface area (Å²) >= 11 is 0. The molecule has 4 nitrogen and oxygen atoms in total. The number of aromatic nitrogens is 2. The number of rotatable bonds is 3. The molecule has 0 saturated heterocycles. The van der Waals surface area contributed by atoms with E-state index in [2.05, 4.69) is 23.2 Å². The zero-order chi connectivity index (χ0) is 14.1. The monoisotopic (exact) mass is 269 g/mol. The molecule has 0 radical (unpaired) electrons. The van der Waals surface area contributed by atoms with Gasteiger partial charge in [-0.1, -0.05) is 19.1 Å². The first kappa shape index (κ1) is 13.1. The summed E-state index contributed by atoms with van der Waals surface area (Å²) < 4.78 is 5.54. The second kappa shape index (κ2) is 5.21. The van der Waals surface area contributed by atoms with Gasteiger partial charge < -0.3 is 10.5 Å². The van der Waals surface area contributed by atoms with Crippen molar-refractivity contribution in [1.82, 2.24) is 10.2 Å². The van der Waals surface area contributed by atoms with Crippen LogP contribution < -0.4 is 10.5 Å². The maximum atomic E-state index is 6.45. The Kier molecular flexibility index (Phi) is 3.40. The minimum absolute atomic E-state index is 0.162. The van der Waals surface area contributed by atoms with Gasteiger partial charge >= 0.3 is 0 Å². The highest BCUT2D eigenvalue weighted by atomic mass is 16.5. The van der Waals surface area contributed by atoms with E-state index in [1.165, 1.54) is 5.56 Å². The average molecular weight is 269 g/mol. The molecule has 0 bridgehead atoms. The molecule has 2 aromatic rings. The standard InChI is InChI=1S/C16H19N3O/c1-3-14-13(8-10(2)18-19-14)16(17)12-4-5-15-11(9-12)6-7-20-15/h4-5,8-9,16H,3,6-7,17H2,1-2H3. The van der Waals surface area contributed by atoms with Crippen LogP contribution in [-0.2, 0) is 12.8 Å². The van der Waals surface area contributed by atoms with Crippen molar-refractivity contribution in [1.29, 1.82) is 0 Å². The van der Waals surface area contributed by atoms with E-state index in [-0.39, 0.29) is 6.04 Å². The number of hydrogen-bond donors (Lipinski definition) is 1. The maximum Gasteiger partial charge on any atom is 0.122 e. The highest BCUT2D eigenvalue weighted by molar-refractivity contribution is 5.43. The fourth-order valence-electron chi connectivity index (χ4n) is 2.66. The van der Waals surface area contributed by atoms with Gasteiger partial charge in [0.25, 0.3) is 0 Å². The van der Waals surface area contributed by atoms with Crippen molar-refractivity contribution in [3.63, 3.8) is 0 Å². The van der Waals surface area contributed by atoms with Crippen molar-refractivity contribution in [2.24, 2.45) is 5.73 Å². The lowest BCUT2D eigenvalue weighted by molar-refractivity contribution is 0.357. The minimum Gasteiger partial charge on any atom is -0.493 e. The van der Waals surface area contributed by atoms with Crippen LogP contribution in [0.25, 0.3) is 0 Å². The summed E-state index contributed by atoms with van der Waals surface area (Å²) in [4.78, 5) is 0. The van der Waals surface area contributed by atoms with Gasteiger partial charge in [0.15, 0.2) is 0 Å². The molecule has 1 aromatic carbocycles. The van der Waals surface area contributed by atoms with Crippen LogP contribution in [0.1, 0.15) is 41.0 Å². The van der Waals surface area contributed by atoms with E-state index >= 15 is 0 Å². The summed E-state index contributed by atoms with van der Waals surface area (Å²) in [5, 5.41) is 8.38. The van der Waals surface area contributed by atoms with Crippen molar-refractivity contribution in [3.8, 4) is 5.75 Å². The molecular formula is C16H19N3O. The topological polar surface area (TPSA) is 61.0 Å². The number of fused-ring (bicyclic) bond motifs is 1. The van der Waals surface area contributed by atoms with Crippen LogP contribution in [0.15, 0.2) is 24.3 Å². The van der Waals surface area contributed by atoms with Crippen LogP contribution in [-0.4, -0.2) is 16.8 Å². The van der Waals surface area contributed by atoms with Crippen molar-refractivity contribution in [2.45, 2.75) is 32.7 Å². The highest BCUT2D eigenvalue weighted by Crippen LogP contribution is 2.30. The van der Waals surface area contributed by atoms with Crippen molar-refractivity contribution < 1.29 is 4.74 Å². The molecule has 104 valence electrons. The van der Waals surface area contributed by atoms with Crippen LogP contribution in [0.4, 0.5) is 0 Å². The van der Waals surface area contributed by atoms with Crippen molar-refractivity contribution in [3.05, 3.63) is 52.3 Å². The van der Waals surface area contributed by atoms with Gasteiger partial charge in [-0.15, -0.1) is 0 Å². The normalized spacial score (nSPS) is 14.8. The molecule has 2 N–H and O–H groups in total. The predicted molar refractivity (Wildman–Crippen MR) is 77.8 cm³/mol. The average Bonchev–Trinajstić information content (AvgIpc) is 2.93. The predicted octanol–water partition coefficient (Wildman–Crippen LogP) is 2.33. The molecule has 1 aliphatic rings. The van der Waals surface area contributed by atoms with Gasteiger partial charge in [0, 0.05) is 6.42 Å². The second-order valence-corrected chi connectivity index (χ2v) is 5.18. The Morgan fingerprint density at radius 1 is 1.30 bits per heavy atom. The van der Waals surface area contributed by atoms with Crippen LogP contribution in [0.3, 0.4) is 0 Å². The van der Waals surface area contributed by atoms with E-state index < -0.39 is 0 Å². The lowest BCUT2D eigenvalue weighted by Crippen LogP contribution is -2.16. The summed E-state index contributed by atoms with van der Waals surface area (Å²) in [6.45, 7) is 4.79. The molecule has 1 atom stereocenters. The van der Waals surface area contributed by atoms with E-state index in [0.717, 1.165) is 47.7 Å². The van der Waals surface area contributed by atoms with E-state index in [4.69, 9.17) is 10.5 Å². The number of benzene rings is 1. The molecule has 0 aliphatic carbocycles. The fourth-order valence-corrected chi connectivity index (χ4v) is 2.66.